The lowest BCUT2D eigenvalue weighted by atomic mass is 10.3. The van der Waals surface area contributed by atoms with Crippen molar-refractivity contribution in [3.63, 3.8) is 0 Å². The van der Waals surface area contributed by atoms with Crippen molar-refractivity contribution in [1.29, 1.82) is 0 Å². The average molecular weight is 220 g/mol. The molecule has 0 radical (unpaired) electrons. The predicted octanol–water partition coefficient (Wildman–Crippen LogP) is 1.08. The van der Waals surface area contributed by atoms with Gasteiger partial charge in [0.2, 0.25) is 0 Å². The first-order valence-electron chi connectivity index (χ1n) is 4.73. The molecule has 0 amide bonds. The summed E-state index contributed by atoms with van der Waals surface area (Å²) in [5.74, 6) is -0.451. The Balaban J connectivity index is 2.22. The molecule has 0 saturated heterocycles. The topological polar surface area (TPSA) is 0 Å². The zero-order valence-electron chi connectivity index (χ0n) is 8.08. The highest BCUT2D eigenvalue weighted by Crippen LogP contribution is 1.94. The van der Waals surface area contributed by atoms with Gasteiger partial charge >= 0.3 is 0 Å². The predicted molar refractivity (Wildman–Crippen MR) is 60.6 cm³/mol. The Bertz CT molecular complexity index is 425. The fourth-order valence-corrected chi connectivity index (χ4v) is 3.10. The summed E-state index contributed by atoms with van der Waals surface area (Å²) >= 11 is 0. The molecule has 15 heavy (non-hydrogen) atoms. The van der Waals surface area contributed by atoms with E-state index in [4.69, 9.17) is 0 Å². The third-order valence-corrected chi connectivity index (χ3v) is 3.88. The number of rotatable bonds is 2. The van der Waals surface area contributed by atoms with E-state index in [1.54, 1.807) is 12.1 Å². The van der Waals surface area contributed by atoms with Crippen LogP contribution in [0.3, 0.4) is 0 Å². The molecule has 0 aliphatic rings. The van der Waals surface area contributed by atoms with Crippen LogP contribution in [0.1, 0.15) is 0 Å². The molecule has 0 aliphatic heterocycles. The second-order valence-electron chi connectivity index (χ2n) is 3.44. The van der Waals surface area contributed by atoms with Crippen molar-refractivity contribution in [3.8, 4) is 0 Å². The highest BCUT2D eigenvalue weighted by atomic mass is 28.2. The molecule has 76 valence electrons. The molecule has 0 atom stereocenters. The fraction of sp³-hybridized carbons (Fsp3) is 0. The monoisotopic (exact) mass is 220 g/mol. The second kappa shape index (κ2) is 4.36. The van der Waals surface area contributed by atoms with Gasteiger partial charge in [-0.1, -0.05) is 34.6 Å². The molecule has 0 saturated carbocycles. The summed E-state index contributed by atoms with van der Waals surface area (Å²) in [4.78, 5) is 0. The lowest BCUT2D eigenvalue weighted by Crippen LogP contribution is -2.27. The van der Waals surface area contributed by atoms with Gasteiger partial charge in [-0.2, -0.15) is 0 Å². The van der Waals surface area contributed by atoms with Crippen molar-refractivity contribution in [2.45, 2.75) is 0 Å². The van der Waals surface area contributed by atoms with E-state index < -0.39 is 9.52 Å². The van der Waals surface area contributed by atoms with Crippen LogP contribution in [0.2, 0.25) is 0 Å². The smallest absolute Gasteiger partial charge is 0.123 e. The number of hydrogen-bond donors (Lipinski definition) is 0. The van der Waals surface area contributed by atoms with Gasteiger partial charge in [-0.05, 0) is 24.3 Å². The molecule has 0 fully saturated rings. The van der Waals surface area contributed by atoms with E-state index in [2.05, 4.69) is 0 Å². The number of benzene rings is 2. The largest absolute Gasteiger partial charge is 0.207 e. The molecular weight excluding hydrogens is 210 g/mol. The Morgan fingerprint density at radius 1 is 0.733 bits per heavy atom. The summed E-state index contributed by atoms with van der Waals surface area (Å²) in [5, 5.41) is 1.97. The van der Waals surface area contributed by atoms with E-state index in [1.807, 2.05) is 12.1 Å². The Labute approximate surface area is 89.4 Å². The Hall–Kier alpha value is -1.48. The van der Waals surface area contributed by atoms with Gasteiger partial charge in [-0.25, -0.2) is 8.78 Å². The maximum atomic E-state index is 12.9. The molecule has 0 aromatic heterocycles. The van der Waals surface area contributed by atoms with Gasteiger partial charge < -0.3 is 0 Å². The zero-order chi connectivity index (χ0) is 10.7. The second-order valence-corrected chi connectivity index (χ2v) is 5.42. The Morgan fingerprint density at radius 3 is 1.60 bits per heavy atom. The molecule has 0 spiro atoms. The third kappa shape index (κ3) is 2.73. The van der Waals surface area contributed by atoms with E-state index in [0.717, 1.165) is 10.4 Å². The van der Waals surface area contributed by atoms with Gasteiger partial charge in [-0.3, -0.25) is 0 Å². The van der Waals surface area contributed by atoms with Crippen LogP contribution in [0.4, 0.5) is 8.78 Å². The molecule has 0 nitrogen and oxygen atoms in total. The van der Waals surface area contributed by atoms with Gasteiger partial charge in [0.1, 0.15) is 11.6 Å². The molecule has 0 unspecified atom stereocenters. The summed E-state index contributed by atoms with van der Waals surface area (Å²) in [6.45, 7) is 0. The van der Waals surface area contributed by atoms with Crippen molar-refractivity contribution in [2.24, 2.45) is 0 Å². The molecule has 3 heteroatoms. The first-order valence-corrected chi connectivity index (χ1v) is 6.14. The Kier molecular flexibility index (Phi) is 2.92. The summed E-state index contributed by atoms with van der Waals surface area (Å²) in [5.41, 5.74) is 0. The van der Waals surface area contributed by atoms with E-state index in [0.29, 0.717) is 0 Å². The first kappa shape index (κ1) is 10.0. The molecule has 0 aliphatic carbocycles. The van der Waals surface area contributed by atoms with E-state index in [9.17, 15) is 8.78 Å². The van der Waals surface area contributed by atoms with Gasteiger partial charge in [0.05, 0.1) is 9.52 Å². The van der Waals surface area contributed by atoms with Crippen LogP contribution in [0.5, 0.6) is 0 Å². The van der Waals surface area contributed by atoms with Crippen LogP contribution in [-0.4, -0.2) is 9.52 Å². The van der Waals surface area contributed by atoms with E-state index in [-0.39, 0.29) is 11.6 Å². The molecule has 0 N–H and O–H groups in total. The summed E-state index contributed by atoms with van der Waals surface area (Å²) in [7, 11) is -0.757. The number of hydrogen-bond acceptors (Lipinski definition) is 0. The first-order chi connectivity index (χ1) is 7.24. The van der Waals surface area contributed by atoms with Crippen LogP contribution in [0, 0.1) is 11.6 Å². The average Bonchev–Trinajstić information content (AvgIpc) is 2.17. The van der Waals surface area contributed by atoms with Crippen molar-refractivity contribution in [3.05, 3.63) is 60.2 Å². The molecule has 2 aromatic carbocycles. The van der Waals surface area contributed by atoms with Crippen molar-refractivity contribution >= 4 is 19.9 Å². The van der Waals surface area contributed by atoms with Crippen molar-refractivity contribution < 1.29 is 8.78 Å². The van der Waals surface area contributed by atoms with Crippen LogP contribution in [-0.2, 0) is 0 Å². The standard InChI is InChI=1S/C12H10F2Si/c13-9-3-1-5-11(7-9)15-12-6-2-4-10(14)8-12/h1-8H,15H2. The minimum absolute atomic E-state index is 0.226. The number of halogens is 2. The molecule has 2 aromatic rings. The molecule has 0 bridgehead atoms. The summed E-state index contributed by atoms with van der Waals surface area (Å²) in [6, 6.07) is 13.1. The van der Waals surface area contributed by atoms with E-state index in [1.165, 1.54) is 24.3 Å². The lowest BCUT2D eigenvalue weighted by Gasteiger charge is -2.01. The van der Waals surface area contributed by atoms with Crippen molar-refractivity contribution in [2.75, 3.05) is 0 Å². The van der Waals surface area contributed by atoms with Crippen LogP contribution < -0.4 is 10.4 Å². The quantitative estimate of drug-likeness (QED) is 0.665. The molecule has 2 rings (SSSR count). The maximum absolute atomic E-state index is 12.9. The van der Waals surface area contributed by atoms with Crippen LogP contribution >= 0.6 is 0 Å². The van der Waals surface area contributed by atoms with E-state index >= 15 is 0 Å². The lowest BCUT2D eigenvalue weighted by molar-refractivity contribution is 0.629. The minimum Gasteiger partial charge on any atom is -0.207 e. The van der Waals surface area contributed by atoms with Gasteiger partial charge in [-0.15, -0.1) is 0 Å². The summed E-state index contributed by atoms with van der Waals surface area (Å²) in [6.07, 6.45) is 0. The van der Waals surface area contributed by atoms with Crippen molar-refractivity contribution in [1.82, 2.24) is 0 Å². The van der Waals surface area contributed by atoms with Crippen LogP contribution in [0.25, 0.3) is 0 Å². The van der Waals surface area contributed by atoms with Gasteiger partial charge in [0.15, 0.2) is 0 Å². The third-order valence-electron chi connectivity index (χ3n) is 2.19. The normalized spacial score (nSPS) is 10.3. The summed E-state index contributed by atoms with van der Waals surface area (Å²) < 4.78 is 25.8. The molecule has 0 heterocycles. The zero-order valence-corrected chi connectivity index (χ0v) is 9.50. The maximum Gasteiger partial charge on any atom is 0.123 e. The van der Waals surface area contributed by atoms with Crippen LogP contribution in [0.15, 0.2) is 48.5 Å². The fourth-order valence-electron chi connectivity index (χ4n) is 1.53. The molecular formula is C12H10F2Si. The minimum atomic E-state index is -0.757. The highest BCUT2D eigenvalue weighted by Gasteiger charge is 1.99. The SMILES string of the molecule is Fc1cccc([SiH2]c2cccc(F)c2)c1. The van der Waals surface area contributed by atoms with Gasteiger partial charge in [0, 0.05) is 0 Å². The Morgan fingerprint density at radius 2 is 1.20 bits per heavy atom. The highest BCUT2D eigenvalue weighted by molar-refractivity contribution is 6.67. The van der Waals surface area contributed by atoms with Gasteiger partial charge in [0.25, 0.3) is 0 Å².